The summed E-state index contributed by atoms with van der Waals surface area (Å²) in [4.78, 5) is 29.1. The highest BCUT2D eigenvalue weighted by molar-refractivity contribution is 6.42. The minimum absolute atomic E-state index is 0.0563. The average Bonchev–Trinajstić information content (AvgIpc) is 3.25. The van der Waals surface area contributed by atoms with Crippen molar-refractivity contribution in [1.29, 1.82) is 0 Å². The molecule has 1 fully saturated rings. The minimum Gasteiger partial charge on any atom is -0.353 e. The second-order valence-electron chi connectivity index (χ2n) is 5.98. The minimum atomic E-state index is -0.0563. The molecule has 2 aromatic heterocycles. The van der Waals surface area contributed by atoms with Crippen molar-refractivity contribution in [1.82, 2.24) is 29.6 Å². The lowest BCUT2D eigenvalue weighted by molar-refractivity contribution is 0.0746. The lowest BCUT2D eigenvalue weighted by Crippen LogP contribution is -2.49. The fourth-order valence-electron chi connectivity index (χ4n) is 2.91. The molecule has 3 aromatic rings. The largest absolute Gasteiger partial charge is 0.353 e. The van der Waals surface area contributed by atoms with E-state index < -0.39 is 0 Å². The third-order valence-corrected chi connectivity index (χ3v) is 5.09. The van der Waals surface area contributed by atoms with Crippen molar-refractivity contribution >= 4 is 34.9 Å². The standard InChI is InChI=1S/C17H15Cl2N7O/c18-13-2-1-12(7-14(13)19)17(27)25-5-3-24(4-6-25)15-8-16(22-10-21-15)26-11-20-9-23-26/h1-2,7-11H,3-6H2. The highest BCUT2D eigenvalue weighted by atomic mass is 35.5. The Kier molecular flexibility index (Phi) is 4.91. The molecule has 1 aromatic carbocycles. The van der Waals surface area contributed by atoms with Gasteiger partial charge in [0.1, 0.15) is 24.8 Å². The molecule has 0 spiro atoms. The van der Waals surface area contributed by atoms with Gasteiger partial charge in [0.2, 0.25) is 0 Å². The van der Waals surface area contributed by atoms with E-state index >= 15 is 0 Å². The van der Waals surface area contributed by atoms with Gasteiger partial charge in [-0.05, 0) is 18.2 Å². The zero-order valence-electron chi connectivity index (χ0n) is 14.2. The number of anilines is 1. The Balaban J connectivity index is 1.44. The topological polar surface area (TPSA) is 80.0 Å². The van der Waals surface area contributed by atoms with E-state index in [2.05, 4.69) is 25.0 Å². The number of hydrogen-bond acceptors (Lipinski definition) is 6. The summed E-state index contributed by atoms with van der Waals surface area (Å²) in [7, 11) is 0. The van der Waals surface area contributed by atoms with Crippen molar-refractivity contribution in [3.63, 3.8) is 0 Å². The first kappa shape index (κ1) is 17.7. The Morgan fingerprint density at radius 2 is 1.70 bits per heavy atom. The first-order valence-corrected chi connectivity index (χ1v) is 9.04. The van der Waals surface area contributed by atoms with Crippen molar-refractivity contribution in [2.45, 2.75) is 0 Å². The van der Waals surface area contributed by atoms with Gasteiger partial charge < -0.3 is 9.80 Å². The van der Waals surface area contributed by atoms with Crippen molar-refractivity contribution in [2.24, 2.45) is 0 Å². The lowest BCUT2D eigenvalue weighted by Gasteiger charge is -2.35. The van der Waals surface area contributed by atoms with E-state index in [9.17, 15) is 4.79 Å². The van der Waals surface area contributed by atoms with Crippen LogP contribution in [-0.4, -0.2) is 61.7 Å². The maximum atomic E-state index is 12.7. The zero-order chi connectivity index (χ0) is 18.8. The van der Waals surface area contributed by atoms with Crippen LogP contribution in [0.4, 0.5) is 5.82 Å². The van der Waals surface area contributed by atoms with Gasteiger partial charge >= 0.3 is 0 Å². The van der Waals surface area contributed by atoms with Gasteiger partial charge in [-0.3, -0.25) is 4.79 Å². The van der Waals surface area contributed by atoms with Gasteiger partial charge in [-0.25, -0.2) is 19.6 Å². The predicted octanol–water partition coefficient (Wildman–Crippen LogP) is 2.33. The normalized spacial score (nSPS) is 14.4. The highest BCUT2D eigenvalue weighted by Crippen LogP contribution is 2.24. The van der Waals surface area contributed by atoms with Crippen LogP contribution >= 0.6 is 23.2 Å². The number of halogens is 2. The quantitative estimate of drug-likeness (QED) is 0.667. The number of amides is 1. The summed E-state index contributed by atoms with van der Waals surface area (Å²) in [6.07, 6.45) is 4.54. The maximum absolute atomic E-state index is 12.7. The van der Waals surface area contributed by atoms with Crippen LogP contribution < -0.4 is 4.90 Å². The van der Waals surface area contributed by atoms with Gasteiger partial charge in [0.15, 0.2) is 5.82 Å². The Bertz CT molecular complexity index is 956. The molecule has 1 aliphatic rings. The number of aromatic nitrogens is 5. The molecule has 8 nitrogen and oxygen atoms in total. The number of rotatable bonds is 3. The van der Waals surface area contributed by atoms with Crippen LogP contribution in [0, 0.1) is 0 Å². The molecule has 3 heterocycles. The summed E-state index contributed by atoms with van der Waals surface area (Å²) in [6.45, 7) is 2.51. The van der Waals surface area contributed by atoms with Crippen molar-refractivity contribution in [2.75, 3.05) is 31.1 Å². The molecular weight excluding hydrogens is 389 g/mol. The summed E-state index contributed by atoms with van der Waals surface area (Å²) < 4.78 is 1.58. The van der Waals surface area contributed by atoms with Crippen LogP contribution in [-0.2, 0) is 0 Å². The summed E-state index contributed by atoms with van der Waals surface area (Å²) in [6, 6.07) is 6.79. The summed E-state index contributed by atoms with van der Waals surface area (Å²) in [5, 5.41) is 4.89. The monoisotopic (exact) mass is 403 g/mol. The lowest BCUT2D eigenvalue weighted by atomic mass is 10.2. The van der Waals surface area contributed by atoms with Gasteiger partial charge in [0, 0.05) is 37.8 Å². The Labute approximate surface area is 165 Å². The highest BCUT2D eigenvalue weighted by Gasteiger charge is 2.23. The number of benzene rings is 1. The van der Waals surface area contributed by atoms with Crippen LogP contribution in [0.1, 0.15) is 10.4 Å². The Hall–Kier alpha value is -2.71. The van der Waals surface area contributed by atoms with E-state index in [1.807, 2.05) is 6.07 Å². The van der Waals surface area contributed by atoms with Gasteiger partial charge in [-0.2, -0.15) is 5.10 Å². The third kappa shape index (κ3) is 3.72. The zero-order valence-corrected chi connectivity index (χ0v) is 15.7. The molecule has 0 aliphatic carbocycles. The van der Waals surface area contributed by atoms with Gasteiger partial charge in [-0.1, -0.05) is 23.2 Å². The molecule has 0 unspecified atom stereocenters. The fraction of sp³-hybridized carbons (Fsp3) is 0.235. The third-order valence-electron chi connectivity index (χ3n) is 4.35. The van der Waals surface area contributed by atoms with E-state index in [-0.39, 0.29) is 5.91 Å². The summed E-state index contributed by atoms with van der Waals surface area (Å²) >= 11 is 11.9. The van der Waals surface area contributed by atoms with E-state index in [0.29, 0.717) is 47.6 Å². The molecule has 138 valence electrons. The summed E-state index contributed by atoms with van der Waals surface area (Å²) in [5.41, 5.74) is 0.536. The molecule has 0 radical (unpaired) electrons. The Morgan fingerprint density at radius 1 is 0.926 bits per heavy atom. The number of hydrogen-bond donors (Lipinski definition) is 0. The number of nitrogens with zero attached hydrogens (tertiary/aromatic N) is 7. The van der Waals surface area contributed by atoms with Crippen molar-refractivity contribution in [3.05, 3.63) is 58.9 Å². The molecule has 4 rings (SSSR count). The number of carbonyl (C=O) groups excluding carboxylic acids is 1. The summed E-state index contributed by atoms with van der Waals surface area (Å²) in [5.74, 6) is 1.38. The number of carbonyl (C=O) groups is 1. The first-order chi connectivity index (χ1) is 13.1. The first-order valence-electron chi connectivity index (χ1n) is 8.28. The molecule has 0 N–H and O–H groups in total. The van der Waals surface area contributed by atoms with Gasteiger partial charge in [0.05, 0.1) is 10.0 Å². The van der Waals surface area contributed by atoms with Crippen LogP contribution in [0.5, 0.6) is 0 Å². The fourth-order valence-corrected chi connectivity index (χ4v) is 3.21. The molecule has 0 bridgehead atoms. The molecule has 0 atom stereocenters. The van der Waals surface area contributed by atoms with Crippen molar-refractivity contribution < 1.29 is 4.79 Å². The van der Waals surface area contributed by atoms with Gasteiger partial charge in [-0.15, -0.1) is 0 Å². The second-order valence-corrected chi connectivity index (χ2v) is 6.80. The molecule has 27 heavy (non-hydrogen) atoms. The predicted molar refractivity (Wildman–Crippen MR) is 102 cm³/mol. The van der Waals surface area contributed by atoms with E-state index in [1.165, 1.54) is 12.7 Å². The second kappa shape index (κ2) is 7.50. The van der Waals surface area contributed by atoms with Crippen LogP contribution in [0.3, 0.4) is 0 Å². The smallest absolute Gasteiger partial charge is 0.254 e. The molecule has 10 heteroatoms. The molecule has 1 aliphatic heterocycles. The molecule has 0 saturated carbocycles. The maximum Gasteiger partial charge on any atom is 0.254 e. The van der Waals surface area contributed by atoms with E-state index in [1.54, 1.807) is 34.1 Å². The van der Waals surface area contributed by atoms with E-state index in [4.69, 9.17) is 23.2 Å². The molecule has 1 amide bonds. The average molecular weight is 404 g/mol. The molecule has 1 saturated heterocycles. The van der Waals surface area contributed by atoms with E-state index in [0.717, 1.165) is 5.82 Å². The number of piperazine rings is 1. The van der Waals surface area contributed by atoms with Crippen LogP contribution in [0.25, 0.3) is 5.82 Å². The van der Waals surface area contributed by atoms with Crippen molar-refractivity contribution in [3.8, 4) is 5.82 Å². The molecular formula is C17H15Cl2N7O. The van der Waals surface area contributed by atoms with Gasteiger partial charge in [0.25, 0.3) is 5.91 Å². The SMILES string of the molecule is O=C(c1ccc(Cl)c(Cl)c1)N1CCN(c2cc(-n3cncn3)ncn2)CC1. The Morgan fingerprint density at radius 3 is 2.41 bits per heavy atom. The van der Waals surface area contributed by atoms with Crippen LogP contribution in [0.15, 0.2) is 43.2 Å². The van der Waals surface area contributed by atoms with Crippen LogP contribution in [0.2, 0.25) is 10.0 Å².